The van der Waals surface area contributed by atoms with Crippen molar-refractivity contribution in [2.45, 2.75) is 0 Å². The SMILES string of the molecule is COCCN1CCNc2cc(F)c(OC)cc21. The number of anilines is 2. The molecule has 0 amide bonds. The first-order valence-corrected chi connectivity index (χ1v) is 5.61. The molecule has 0 bridgehead atoms. The number of methoxy groups -OCH3 is 2. The molecule has 1 aromatic carbocycles. The second-order valence-electron chi connectivity index (χ2n) is 3.91. The number of halogens is 1. The molecule has 94 valence electrons. The molecule has 0 aromatic heterocycles. The molecule has 1 aromatic rings. The minimum absolute atomic E-state index is 0.273. The number of nitrogens with one attached hydrogen (secondary N) is 1. The highest BCUT2D eigenvalue weighted by Crippen LogP contribution is 2.34. The van der Waals surface area contributed by atoms with Crippen molar-refractivity contribution in [2.24, 2.45) is 0 Å². The van der Waals surface area contributed by atoms with Crippen molar-refractivity contribution in [3.05, 3.63) is 17.9 Å². The summed E-state index contributed by atoms with van der Waals surface area (Å²) in [5.74, 6) is -0.0674. The first-order valence-electron chi connectivity index (χ1n) is 5.61. The summed E-state index contributed by atoms with van der Waals surface area (Å²) < 4.78 is 23.6. The van der Waals surface area contributed by atoms with Crippen molar-refractivity contribution >= 4 is 11.4 Å². The van der Waals surface area contributed by atoms with Gasteiger partial charge in [0, 0.05) is 38.9 Å². The minimum Gasteiger partial charge on any atom is -0.494 e. The first-order chi connectivity index (χ1) is 8.26. The molecule has 2 rings (SSSR count). The van der Waals surface area contributed by atoms with Gasteiger partial charge in [0.25, 0.3) is 0 Å². The highest BCUT2D eigenvalue weighted by molar-refractivity contribution is 5.74. The molecule has 17 heavy (non-hydrogen) atoms. The molecule has 1 N–H and O–H groups in total. The van der Waals surface area contributed by atoms with E-state index in [0.29, 0.717) is 6.61 Å². The Bertz CT molecular complexity index is 398. The molecule has 1 aliphatic heterocycles. The fourth-order valence-electron chi connectivity index (χ4n) is 1.98. The lowest BCUT2D eigenvalue weighted by molar-refractivity contribution is 0.205. The lowest BCUT2D eigenvalue weighted by Gasteiger charge is -2.32. The van der Waals surface area contributed by atoms with E-state index in [-0.39, 0.29) is 11.6 Å². The molecule has 5 heteroatoms. The second kappa shape index (κ2) is 5.23. The van der Waals surface area contributed by atoms with E-state index in [4.69, 9.17) is 9.47 Å². The van der Waals surface area contributed by atoms with Gasteiger partial charge in [0.05, 0.1) is 25.1 Å². The molecule has 0 unspecified atom stereocenters. The number of ether oxygens (including phenoxy) is 2. The fourth-order valence-corrected chi connectivity index (χ4v) is 1.98. The van der Waals surface area contributed by atoms with Crippen LogP contribution in [0, 0.1) is 5.82 Å². The Morgan fingerprint density at radius 2 is 2.24 bits per heavy atom. The van der Waals surface area contributed by atoms with Crippen molar-refractivity contribution in [3.8, 4) is 5.75 Å². The largest absolute Gasteiger partial charge is 0.494 e. The summed E-state index contributed by atoms with van der Waals surface area (Å²) in [4.78, 5) is 2.16. The van der Waals surface area contributed by atoms with E-state index in [0.717, 1.165) is 31.0 Å². The number of hydrogen-bond acceptors (Lipinski definition) is 4. The highest BCUT2D eigenvalue weighted by atomic mass is 19.1. The summed E-state index contributed by atoms with van der Waals surface area (Å²) in [7, 11) is 3.15. The van der Waals surface area contributed by atoms with Crippen molar-refractivity contribution in [1.29, 1.82) is 0 Å². The maximum absolute atomic E-state index is 13.5. The van der Waals surface area contributed by atoms with Crippen LogP contribution < -0.4 is 15.0 Å². The number of nitrogens with zero attached hydrogens (tertiary/aromatic N) is 1. The van der Waals surface area contributed by atoms with E-state index >= 15 is 0 Å². The number of fused-ring (bicyclic) bond motifs is 1. The average Bonchev–Trinajstić information content (AvgIpc) is 2.35. The Morgan fingerprint density at radius 3 is 2.94 bits per heavy atom. The lowest BCUT2D eigenvalue weighted by atomic mass is 10.2. The van der Waals surface area contributed by atoms with E-state index in [1.54, 1.807) is 13.2 Å². The van der Waals surface area contributed by atoms with Gasteiger partial charge in [-0.05, 0) is 0 Å². The Hall–Kier alpha value is -1.49. The average molecular weight is 240 g/mol. The van der Waals surface area contributed by atoms with Crippen LogP contribution in [0.3, 0.4) is 0 Å². The molecule has 0 saturated carbocycles. The lowest BCUT2D eigenvalue weighted by Crippen LogP contribution is -2.36. The normalized spacial score (nSPS) is 14.2. The van der Waals surface area contributed by atoms with Crippen LogP contribution in [0.1, 0.15) is 0 Å². The van der Waals surface area contributed by atoms with Crippen LogP contribution in [0.4, 0.5) is 15.8 Å². The maximum Gasteiger partial charge on any atom is 0.167 e. The van der Waals surface area contributed by atoms with Crippen LogP contribution in [0.15, 0.2) is 12.1 Å². The zero-order valence-electron chi connectivity index (χ0n) is 10.1. The highest BCUT2D eigenvalue weighted by Gasteiger charge is 2.19. The topological polar surface area (TPSA) is 33.7 Å². The number of rotatable bonds is 4. The standard InChI is InChI=1S/C12H17FN2O2/c1-16-6-5-15-4-3-14-10-7-9(13)12(17-2)8-11(10)15/h7-8,14H,3-6H2,1-2H3. The van der Waals surface area contributed by atoms with E-state index in [2.05, 4.69) is 10.2 Å². The van der Waals surface area contributed by atoms with Crippen LogP contribution >= 0.6 is 0 Å². The Labute approximate surface area is 100 Å². The molecule has 1 aliphatic rings. The number of hydrogen-bond donors (Lipinski definition) is 1. The predicted molar refractivity (Wildman–Crippen MR) is 65.5 cm³/mol. The molecular weight excluding hydrogens is 223 g/mol. The van der Waals surface area contributed by atoms with Gasteiger partial charge in [0.2, 0.25) is 0 Å². The molecular formula is C12H17FN2O2. The van der Waals surface area contributed by atoms with Crippen molar-refractivity contribution < 1.29 is 13.9 Å². The van der Waals surface area contributed by atoms with Crippen LogP contribution in [0.5, 0.6) is 5.75 Å². The Kier molecular flexibility index (Phi) is 3.68. The predicted octanol–water partition coefficient (Wildman–Crippen LogP) is 1.71. The third-order valence-electron chi connectivity index (χ3n) is 2.87. The van der Waals surface area contributed by atoms with Crippen molar-refractivity contribution in [2.75, 3.05) is 50.7 Å². The van der Waals surface area contributed by atoms with Crippen molar-refractivity contribution in [3.63, 3.8) is 0 Å². The van der Waals surface area contributed by atoms with Gasteiger partial charge in [-0.1, -0.05) is 0 Å². The van der Waals surface area contributed by atoms with E-state index < -0.39 is 0 Å². The Morgan fingerprint density at radius 1 is 1.41 bits per heavy atom. The van der Waals surface area contributed by atoms with E-state index in [1.807, 2.05) is 0 Å². The maximum atomic E-state index is 13.5. The zero-order chi connectivity index (χ0) is 12.3. The second-order valence-corrected chi connectivity index (χ2v) is 3.91. The summed E-state index contributed by atoms with van der Waals surface area (Å²) >= 11 is 0. The third kappa shape index (κ3) is 2.44. The fraction of sp³-hybridized carbons (Fsp3) is 0.500. The molecule has 0 radical (unpaired) electrons. The molecule has 0 atom stereocenters. The minimum atomic E-state index is -0.340. The smallest absolute Gasteiger partial charge is 0.167 e. The van der Waals surface area contributed by atoms with Crippen molar-refractivity contribution in [1.82, 2.24) is 0 Å². The quantitative estimate of drug-likeness (QED) is 0.868. The van der Waals surface area contributed by atoms with Gasteiger partial charge >= 0.3 is 0 Å². The van der Waals surface area contributed by atoms with E-state index in [9.17, 15) is 4.39 Å². The summed E-state index contributed by atoms with van der Waals surface area (Å²) in [6.45, 7) is 3.13. The van der Waals surface area contributed by atoms with Crippen LogP contribution in [0.2, 0.25) is 0 Å². The van der Waals surface area contributed by atoms with Crippen LogP contribution in [-0.4, -0.2) is 40.5 Å². The van der Waals surface area contributed by atoms with Crippen LogP contribution in [-0.2, 0) is 4.74 Å². The van der Waals surface area contributed by atoms with E-state index in [1.165, 1.54) is 13.2 Å². The molecule has 4 nitrogen and oxygen atoms in total. The monoisotopic (exact) mass is 240 g/mol. The molecule has 0 saturated heterocycles. The summed E-state index contributed by atoms with van der Waals surface area (Å²) in [6.07, 6.45) is 0. The van der Waals surface area contributed by atoms with Gasteiger partial charge in [0.1, 0.15) is 0 Å². The van der Waals surface area contributed by atoms with Gasteiger partial charge in [-0.3, -0.25) is 0 Å². The van der Waals surface area contributed by atoms with Gasteiger partial charge in [-0.25, -0.2) is 4.39 Å². The summed E-state index contributed by atoms with van der Waals surface area (Å²) in [6, 6.07) is 3.21. The molecule has 1 heterocycles. The van der Waals surface area contributed by atoms with Crippen LogP contribution in [0.25, 0.3) is 0 Å². The molecule has 0 fully saturated rings. The third-order valence-corrected chi connectivity index (χ3v) is 2.87. The summed E-state index contributed by atoms with van der Waals surface area (Å²) in [5.41, 5.74) is 1.78. The summed E-state index contributed by atoms with van der Waals surface area (Å²) in [5, 5.41) is 3.18. The Balaban J connectivity index is 2.29. The van der Waals surface area contributed by atoms with Gasteiger partial charge in [-0.2, -0.15) is 0 Å². The van der Waals surface area contributed by atoms with Gasteiger partial charge < -0.3 is 19.7 Å². The molecule has 0 aliphatic carbocycles. The van der Waals surface area contributed by atoms with Gasteiger partial charge in [0.15, 0.2) is 11.6 Å². The number of benzene rings is 1. The molecule has 0 spiro atoms. The zero-order valence-corrected chi connectivity index (χ0v) is 10.1. The van der Waals surface area contributed by atoms with Gasteiger partial charge in [-0.15, -0.1) is 0 Å². The first kappa shape index (κ1) is 12.0.